The van der Waals surface area contributed by atoms with Gasteiger partial charge in [0.1, 0.15) is 5.82 Å². The summed E-state index contributed by atoms with van der Waals surface area (Å²) in [7, 11) is -0.572. The number of ether oxygens (including phenoxy) is 1. The molecule has 0 aromatic heterocycles. The zero-order valence-corrected chi connectivity index (χ0v) is 12.8. The Morgan fingerprint density at radius 2 is 2.10 bits per heavy atom. The molecular formula is C13H21FN2O3S. The number of hydrogen-bond acceptors (Lipinski definition) is 4. The van der Waals surface area contributed by atoms with Crippen LogP contribution in [0.2, 0.25) is 0 Å². The Kier molecular flexibility index (Phi) is 6.54. The van der Waals surface area contributed by atoms with E-state index < -0.39 is 15.8 Å². The molecule has 1 unspecified atom stereocenters. The molecule has 20 heavy (non-hydrogen) atoms. The van der Waals surface area contributed by atoms with Crippen molar-refractivity contribution < 1.29 is 17.5 Å². The van der Waals surface area contributed by atoms with Gasteiger partial charge in [-0.15, -0.1) is 0 Å². The predicted octanol–water partition coefficient (Wildman–Crippen LogP) is 1.25. The lowest BCUT2D eigenvalue weighted by Gasteiger charge is -2.18. The molecule has 1 aromatic carbocycles. The summed E-state index contributed by atoms with van der Waals surface area (Å²) in [6, 6.07) is 3.42. The molecule has 2 N–H and O–H groups in total. The van der Waals surface area contributed by atoms with Crippen LogP contribution in [0.1, 0.15) is 18.9 Å². The minimum absolute atomic E-state index is 0.0404. The van der Waals surface area contributed by atoms with E-state index in [4.69, 9.17) is 4.74 Å². The van der Waals surface area contributed by atoms with Crippen molar-refractivity contribution in [3.8, 4) is 0 Å². The number of methoxy groups -OCH3 is 1. The minimum Gasteiger partial charge on any atom is -0.383 e. The van der Waals surface area contributed by atoms with E-state index in [9.17, 15) is 12.8 Å². The molecule has 1 atom stereocenters. The fraction of sp³-hybridized carbons (Fsp3) is 0.538. The quantitative estimate of drug-likeness (QED) is 0.758. The third-order valence-corrected chi connectivity index (χ3v) is 4.47. The molecule has 1 rings (SSSR count). The summed E-state index contributed by atoms with van der Waals surface area (Å²) in [5, 5.41) is 2.87. The van der Waals surface area contributed by atoms with Gasteiger partial charge in [0, 0.05) is 19.7 Å². The molecular weight excluding hydrogens is 283 g/mol. The first kappa shape index (κ1) is 17.0. The van der Waals surface area contributed by atoms with Crippen LogP contribution in [0.3, 0.4) is 0 Å². The first-order valence-corrected chi connectivity index (χ1v) is 7.87. The number of benzene rings is 1. The molecule has 0 radical (unpaired) electrons. The normalized spacial score (nSPS) is 13.4. The highest BCUT2D eigenvalue weighted by Crippen LogP contribution is 2.18. The van der Waals surface area contributed by atoms with Crippen molar-refractivity contribution in [1.29, 1.82) is 0 Å². The summed E-state index contributed by atoms with van der Waals surface area (Å²) < 4.78 is 45.6. The number of halogens is 1. The van der Waals surface area contributed by atoms with Gasteiger partial charge in [-0.2, -0.15) is 0 Å². The van der Waals surface area contributed by atoms with Gasteiger partial charge < -0.3 is 10.1 Å². The van der Waals surface area contributed by atoms with E-state index in [0.717, 1.165) is 6.07 Å². The second kappa shape index (κ2) is 7.68. The number of hydrogen-bond donors (Lipinski definition) is 2. The van der Waals surface area contributed by atoms with Crippen LogP contribution in [0.15, 0.2) is 23.1 Å². The Labute approximate surface area is 119 Å². The second-order valence-corrected chi connectivity index (χ2v) is 6.15. The van der Waals surface area contributed by atoms with Gasteiger partial charge in [0.15, 0.2) is 0 Å². The van der Waals surface area contributed by atoms with E-state index >= 15 is 0 Å². The average molecular weight is 304 g/mol. The first-order chi connectivity index (χ1) is 9.44. The zero-order chi connectivity index (χ0) is 15.2. The molecule has 7 heteroatoms. The van der Waals surface area contributed by atoms with Gasteiger partial charge in [-0.1, -0.05) is 13.0 Å². The Morgan fingerprint density at radius 1 is 1.40 bits per heavy atom. The Morgan fingerprint density at radius 3 is 2.65 bits per heavy atom. The predicted molar refractivity (Wildman–Crippen MR) is 75.4 cm³/mol. The number of nitrogens with one attached hydrogen (secondary N) is 2. The zero-order valence-electron chi connectivity index (χ0n) is 11.9. The third-order valence-electron chi connectivity index (χ3n) is 2.87. The van der Waals surface area contributed by atoms with Gasteiger partial charge in [0.05, 0.1) is 11.5 Å². The van der Waals surface area contributed by atoms with E-state index in [1.54, 1.807) is 7.05 Å². The standard InChI is InChI=1S/C13H21FN2O3S/c1-4-12(9-19-3)16-20(17,18)13-7-11(14)6-5-10(13)8-15-2/h5-7,12,15-16H,4,8-9H2,1-3H3. The fourth-order valence-electron chi connectivity index (χ4n) is 1.83. The van der Waals surface area contributed by atoms with E-state index in [-0.39, 0.29) is 17.5 Å². The van der Waals surface area contributed by atoms with E-state index in [0.29, 0.717) is 18.5 Å². The molecule has 0 saturated heterocycles. The van der Waals surface area contributed by atoms with Gasteiger partial charge in [-0.25, -0.2) is 17.5 Å². The average Bonchev–Trinajstić information content (AvgIpc) is 2.40. The molecule has 5 nitrogen and oxygen atoms in total. The number of rotatable bonds is 8. The maximum atomic E-state index is 13.3. The van der Waals surface area contributed by atoms with Crippen molar-refractivity contribution in [3.63, 3.8) is 0 Å². The van der Waals surface area contributed by atoms with Gasteiger partial charge in [0.25, 0.3) is 0 Å². The lowest BCUT2D eigenvalue weighted by Crippen LogP contribution is -2.38. The summed E-state index contributed by atoms with van der Waals surface area (Å²) >= 11 is 0. The fourth-order valence-corrected chi connectivity index (χ4v) is 3.39. The number of sulfonamides is 1. The van der Waals surface area contributed by atoms with Crippen LogP contribution in [0.4, 0.5) is 4.39 Å². The van der Waals surface area contributed by atoms with Crippen LogP contribution in [0.25, 0.3) is 0 Å². The molecule has 0 bridgehead atoms. The van der Waals surface area contributed by atoms with Crippen LogP contribution >= 0.6 is 0 Å². The van der Waals surface area contributed by atoms with Crippen molar-refractivity contribution in [2.45, 2.75) is 30.8 Å². The van der Waals surface area contributed by atoms with Crippen LogP contribution in [0.5, 0.6) is 0 Å². The lowest BCUT2D eigenvalue weighted by molar-refractivity contribution is 0.173. The molecule has 0 amide bonds. The van der Waals surface area contributed by atoms with Gasteiger partial charge in [-0.05, 0) is 31.2 Å². The molecule has 0 fully saturated rings. The largest absolute Gasteiger partial charge is 0.383 e. The summed E-state index contributed by atoms with van der Waals surface area (Å²) in [5.74, 6) is -0.579. The summed E-state index contributed by atoms with van der Waals surface area (Å²) in [5.41, 5.74) is 0.522. The van der Waals surface area contributed by atoms with Crippen LogP contribution < -0.4 is 10.0 Å². The molecule has 0 saturated carbocycles. The monoisotopic (exact) mass is 304 g/mol. The Hall–Kier alpha value is -1.02. The summed E-state index contributed by atoms with van der Waals surface area (Å²) in [4.78, 5) is -0.0404. The van der Waals surface area contributed by atoms with Crippen LogP contribution in [-0.2, 0) is 21.3 Å². The van der Waals surface area contributed by atoms with Crippen molar-refractivity contribution in [2.24, 2.45) is 0 Å². The maximum Gasteiger partial charge on any atom is 0.241 e. The molecule has 0 aliphatic rings. The molecule has 1 aromatic rings. The lowest BCUT2D eigenvalue weighted by atomic mass is 10.2. The van der Waals surface area contributed by atoms with Gasteiger partial charge >= 0.3 is 0 Å². The summed E-state index contributed by atoms with van der Waals surface area (Å²) in [6.45, 7) is 2.47. The highest BCUT2D eigenvalue weighted by atomic mass is 32.2. The molecule has 0 spiro atoms. The van der Waals surface area contributed by atoms with Crippen molar-refractivity contribution in [2.75, 3.05) is 20.8 Å². The third kappa shape index (κ3) is 4.52. The van der Waals surface area contributed by atoms with Crippen molar-refractivity contribution in [1.82, 2.24) is 10.0 Å². The van der Waals surface area contributed by atoms with Crippen molar-refractivity contribution >= 4 is 10.0 Å². The highest BCUT2D eigenvalue weighted by Gasteiger charge is 2.22. The second-order valence-electron chi connectivity index (χ2n) is 4.46. The SMILES string of the molecule is CCC(COC)NS(=O)(=O)c1cc(F)ccc1CNC. The minimum atomic E-state index is -3.78. The van der Waals surface area contributed by atoms with Crippen molar-refractivity contribution in [3.05, 3.63) is 29.6 Å². The smallest absolute Gasteiger partial charge is 0.241 e. The Bertz CT molecular complexity index is 534. The molecule has 114 valence electrons. The van der Waals surface area contributed by atoms with E-state index in [1.807, 2.05) is 6.92 Å². The highest BCUT2D eigenvalue weighted by molar-refractivity contribution is 7.89. The van der Waals surface area contributed by atoms with E-state index in [1.165, 1.54) is 19.2 Å². The van der Waals surface area contributed by atoms with Gasteiger partial charge in [-0.3, -0.25) is 0 Å². The Balaban J connectivity index is 3.10. The van der Waals surface area contributed by atoms with Gasteiger partial charge in [0.2, 0.25) is 10.0 Å². The van der Waals surface area contributed by atoms with Crippen LogP contribution in [0, 0.1) is 5.82 Å². The topological polar surface area (TPSA) is 67.4 Å². The molecule has 0 aliphatic carbocycles. The molecule has 0 heterocycles. The summed E-state index contributed by atoms with van der Waals surface area (Å²) in [6.07, 6.45) is 0.587. The van der Waals surface area contributed by atoms with Crippen LogP contribution in [-0.4, -0.2) is 35.2 Å². The first-order valence-electron chi connectivity index (χ1n) is 6.38. The maximum absolute atomic E-state index is 13.3. The van der Waals surface area contributed by atoms with E-state index in [2.05, 4.69) is 10.0 Å². The molecule has 0 aliphatic heterocycles.